The van der Waals surface area contributed by atoms with Crippen LogP contribution in [-0.4, -0.2) is 58.2 Å². The van der Waals surface area contributed by atoms with Crippen LogP contribution in [0.5, 0.6) is 5.75 Å². The van der Waals surface area contributed by atoms with Gasteiger partial charge in [0, 0.05) is 52.1 Å². The van der Waals surface area contributed by atoms with E-state index in [1.54, 1.807) is 13.4 Å². The van der Waals surface area contributed by atoms with Crippen LogP contribution in [0.15, 0.2) is 83.8 Å². The first-order valence-electron chi connectivity index (χ1n) is 12.8. The largest absolute Gasteiger partial charge is 0.496 e. The van der Waals surface area contributed by atoms with Gasteiger partial charge in [-0.05, 0) is 54.6 Å². The summed E-state index contributed by atoms with van der Waals surface area (Å²) in [7, 11) is 0.559. The first-order chi connectivity index (χ1) is 18.0. The maximum atomic E-state index is 12.3. The van der Waals surface area contributed by atoms with E-state index in [4.69, 9.17) is 4.74 Å². The van der Waals surface area contributed by atoms with Gasteiger partial charge in [-0.25, -0.2) is 0 Å². The zero-order chi connectivity index (χ0) is 25.9. The molecule has 3 saturated heterocycles. The van der Waals surface area contributed by atoms with Crippen LogP contribution >= 0.6 is 0 Å². The highest BCUT2D eigenvalue weighted by molar-refractivity contribution is 7.84. The molecule has 3 aliphatic rings. The van der Waals surface area contributed by atoms with Crippen molar-refractivity contribution in [1.82, 2.24) is 10.2 Å². The Labute approximate surface area is 221 Å². The zero-order valence-electron chi connectivity index (χ0n) is 21.2. The van der Waals surface area contributed by atoms with Gasteiger partial charge in [0.1, 0.15) is 11.8 Å². The number of hydrogen-bond acceptors (Lipinski definition) is 5. The molecular weight excluding hydrogens is 484 g/mol. The molecule has 3 unspecified atom stereocenters. The molecule has 0 amide bonds. The number of piperidine rings is 3. The van der Waals surface area contributed by atoms with E-state index in [0.29, 0.717) is 13.0 Å². The van der Waals surface area contributed by atoms with Gasteiger partial charge >= 0.3 is 5.97 Å². The van der Waals surface area contributed by atoms with Gasteiger partial charge in [-0.3, -0.25) is 13.9 Å². The number of benzene rings is 3. The molecule has 0 radical (unpaired) electrons. The van der Waals surface area contributed by atoms with Gasteiger partial charge in [-0.15, -0.1) is 0 Å². The van der Waals surface area contributed by atoms with Crippen molar-refractivity contribution in [3.8, 4) is 5.75 Å². The van der Waals surface area contributed by atoms with Gasteiger partial charge < -0.3 is 15.2 Å². The number of aliphatic carboxylic acids is 1. The number of carboxylic acid groups (broad SMARTS) is 1. The Kier molecular flexibility index (Phi) is 7.74. The second-order valence-corrected chi connectivity index (χ2v) is 11.4. The molecule has 7 heteroatoms. The van der Waals surface area contributed by atoms with E-state index in [1.807, 2.05) is 30.3 Å². The molecule has 194 valence electrons. The second kappa shape index (κ2) is 11.2. The van der Waals surface area contributed by atoms with Gasteiger partial charge in [0.05, 0.1) is 7.11 Å². The summed E-state index contributed by atoms with van der Waals surface area (Å²) in [6.07, 6.45) is 3.28. The Balaban J connectivity index is 1.55. The average Bonchev–Trinajstić information content (AvgIpc) is 2.93. The van der Waals surface area contributed by atoms with E-state index >= 15 is 0 Å². The van der Waals surface area contributed by atoms with Crippen molar-refractivity contribution in [3.63, 3.8) is 0 Å². The van der Waals surface area contributed by atoms with E-state index < -0.39 is 22.8 Å². The van der Waals surface area contributed by atoms with Crippen molar-refractivity contribution in [2.24, 2.45) is 5.92 Å². The third-order valence-corrected chi connectivity index (χ3v) is 8.92. The number of nitrogens with zero attached hydrogens (tertiary/aromatic N) is 1. The summed E-state index contributed by atoms with van der Waals surface area (Å²) >= 11 is 0. The highest BCUT2D eigenvalue weighted by Gasteiger charge is 2.52. The summed E-state index contributed by atoms with van der Waals surface area (Å²) in [5, 5.41) is 14.0. The first kappa shape index (κ1) is 25.6. The number of hydrogen-bond donors (Lipinski definition) is 2. The minimum absolute atomic E-state index is 0.0150. The van der Waals surface area contributed by atoms with Crippen LogP contribution in [-0.2, 0) is 22.1 Å². The normalized spacial score (nSPS) is 25.6. The van der Waals surface area contributed by atoms with Crippen LogP contribution in [0.1, 0.15) is 35.4 Å². The molecule has 6 rings (SSSR count). The van der Waals surface area contributed by atoms with Gasteiger partial charge in [0.15, 0.2) is 0 Å². The summed E-state index contributed by atoms with van der Waals surface area (Å²) < 4.78 is 17.8. The molecule has 0 aliphatic carbocycles. The lowest BCUT2D eigenvalue weighted by Gasteiger charge is -2.56. The van der Waals surface area contributed by atoms with Crippen LogP contribution in [0, 0.1) is 5.92 Å². The van der Waals surface area contributed by atoms with E-state index in [0.717, 1.165) is 29.2 Å². The van der Waals surface area contributed by atoms with E-state index in [9.17, 15) is 14.1 Å². The Morgan fingerprint density at radius 2 is 1.73 bits per heavy atom. The Bertz CT molecular complexity index is 1210. The molecule has 2 N–H and O–H groups in total. The minimum atomic E-state index is -1.09. The second-order valence-electron chi connectivity index (χ2n) is 10.0. The van der Waals surface area contributed by atoms with Crippen molar-refractivity contribution in [2.45, 2.75) is 48.3 Å². The number of nitrogens with one attached hydrogen (secondary N) is 1. The Morgan fingerprint density at radius 1 is 1.08 bits per heavy atom. The third-order valence-electron chi connectivity index (χ3n) is 8.00. The fourth-order valence-corrected chi connectivity index (χ4v) is 6.88. The lowest BCUT2D eigenvalue weighted by Crippen LogP contribution is -2.69. The number of rotatable bonds is 9. The standard InChI is InChI=1S/C30H34N2O4S/c1-36-26-14-13-24(37(2)35)17-23(26)19-31-28-22-15-16-32(25(18-22)30(33)34)29(28)27(20-9-5-3-6-10-20)21-11-7-4-8-12-21/h3-14,17,22,25,27-29,31H,15-16,18-19H2,1-2H3,(H,33,34)/t22-,25?,28-,29-,37?/m0/s1. The van der Waals surface area contributed by atoms with Gasteiger partial charge in [-0.2, -0.15) is 0 Å². The van der Waals surface area contributed by atoms with Crippen LogP contribution in [0.2, 0.25) is 0 Å². The maximum Gasteiger partial charge on any atom is 0.320 e. The van der Waals surface area contributed by atoms with E-state index in [-0.39, 0.29) is 23.9 Å². The molecule has 3 fully saturated rings. The monoisotopic (exact) mass is 518 g/mol. The third kappa shape index (κ3) is 5.21. The molecule has 37 heavy (non-hydrogen) atoms. The SMILES string of the molecule is COc1ccc(S(C)=O)cc1CN[C@H]1[C@H]2CCN(C(C(=O)O)C2)[C@H]1C(c1ccccc1)c1ccccc1. The molecule has 3 heterocycles. The van der Waals surface area contributed by atoms with Gasteiger partial charge in [-0.1, -0.05) is 60.7 Å². The van der Waals surface area contributed by atoms with E-state index in [1.165, 1.54) is 11.1 Å². The Hall–Kier alpha value is -3.00. The summed E-state index contributed by atoms with van der Waals surface area (Å²) in [5.74, 6) is 0.264. The summed E-state index contributed by atoms with van der Waals surface area (Å²) in [6.45, 7) is 1.32. The summed E-state index contributed by atoms with van der Waals surface area (Å²) in [4.78, 5) is 15.3. The highest BCUT2D eigenvalue weighted by Crippen LogP contribution is 2.44. The lowest BCUT2D eigenvalue weighted by molar-refractivity contribution is -0.152. The zero-order valence-corrected chi connectivity index (χ0v) is 22.1. The van der Waals surface area contributed by atoms with E-state index in [2.05, 4.69) is 58.7 Å². The van der Waals surface area contributed by atoms with Crippen LogP contribution in [0.3, 0.4) is 0 Å². The quantitative estimate of drug-likeness (QED) is 0.441. The summed E-state index contributed by atoms with van der Waals surface area (Å²) in [5.41, 5.74) is 3.32. The van der Waals surface area contributed by atoms with Crippen molar-refractivity contribution in [2.75, 3.05) is 19.9 Å². The number of ether oxygens (including phenoxy) is 1. The predicted octanol–water partition coefficient (Wildman–Crippen LogP) is 4.27. The van der Waals surface area contributed by atoms with Crippen LogP contribution in [0.4, 0.5) is 0 Å². The predicted molar refractivity (Wildman–Crippen MR) is 145 cm³/mol. The van der Waals surface area contributed by atoms with Gasteiger partial charge in [0.2, 0.25) is 0 Å². The number of fused-ring (bicyclic) bond motifs is 3. The molecule has 2 bridgehead atoms. The molecule has 6 atom stereocenters. The molecule has 0 saturated carbocycles. The van der Waals surface area contributed by atoms with Crippen LogP contribution < -0.4 is 10.1 Å². The molecule has 6 nitrogen and oxygen atoms in total. The highest BCUT2D eigenvalue weighted by atomic mass is 32.2. The lowest BCUT2D eigenvalue weighted by atomic mass is 9.68. The summed E-state index contributed by atoms with van der Waals surface area (Å²) in [6, 6.07) is 26.1. The smallest absolute Gasteiger partial charge is 0.320 e. The molecule has 3 aromatic rings. The Morgan fingerprint density at radius 3 is 2.30 bits per heavy atom. The van der Waals surface area contributed by atoms with Crippen molar-refractivity contribution in [3.05, 3.63) is 95.6 Å². The minimum Gasteiger partial charge on any atom is -0.496 e. The van der Waals surface area contributed by atoms with Crippen molar-refractivity contribution in [1.29, 1.82) is 0 Å². The average molecular weight is 519 g/mol. The molecule has 0 spiro atoms. The number of methoxy groups -OCH3 is 1. The number of carbonyl (C=O) groups is 1. The molecule has 0 aromatic heterocycles. The van der Waals surface area contributed by atoms with Crippen LogP contribution in [0.25, 0.3) is 0 Å². The number of carboxylic acids is 1. The topological polar surface area (TPSA) is 78.9 Å². The van der Waals surface area contributed by atoms with Crippen molar-refractivity contribution < 1.29 is 18.8 Å². The first-order valence-corrected chi connectivity index (χ1v) is 14.4. The van der Waals surface area contributed by atoms with Crippen molar-refractivity contribution >= 4 is 16.8 Å². The fourth-order valence-electron chi connectivity index (χ4n) is 6.32. The molecular formula is C30H34N2O4S. The maximum absolute atomic E-state index is 12.3. The molecule has 3 aliphatic heterocycles. The van der Waals surface area contributed by atoms with Gasteiger partial charge in [0.25, 0.3) is 0 Å². The molecule has 3 aromatic carbocycles. The fraction of sp³-hybridized carbons (Fsp3) is 0.367.